The molecule has 0 saturated heterocycles. The molecular weight excluding hydrogens is 274 g/mol. The molecule has 0 unspecified atom stereocenters. The van der Waals surface area contributed by atoms with Gasteiger partial charge in [0.1, 0.15) is 5.76 Å². The molecule has 0 radical (unpaired) electrons. The van der Waals surface area contributed by atoms with E-state index < -0.39 is 5.97 Å². The van der Waals surface area contributed by atoms with Crippen molar-refractivity contribution in [3.8, 4) is 5.82 Å². The summed E-state index contributed by atoms with van der Waals surface area (Å²) in [7, 11) is 0. The highest BCUT2D eigenvalue weighted by Crippen LogP contribution is 2.20. The topological polar surface area (TPSA) is 97.4 Å². The number of carboxylic acid groups (broad SMARTS) is 1. The SMILES string of the molecule is Cc1cc(-n2c(C)cc(C(=O)NCCC(=O)O)c2C)no1. The van der Waals surface area contributed by atoms with Crippen LogP contribution in [0.5, 0.6) is 0 Å². The summed E-state index contributed by atoms with van der Waals surface area (Å²) in [5, 5.41) is 15.1. The highest BCUT2D eigenvalue weighted by Gasteiger charge is 2.18. The maximum atomic E-state index is 12.1. The van der Waals surface area contributed by atoms with E-state index >= 15 is 0 Å². The number of carbonyl (C=O) groups excluding carboxylic acids is 1. The molecule has 21 heavy (non-hydrogen) atoms. The largest absolute Gasteiger partial charge is 0.481 e. The first-order chi connectivity index (χ1) is 9.90. The van der Waals surface area contributed by atoms with Crippen molar-refractivity contribution in [3.05, 3.63) is 34.8 Å². The average Bonchev–Trinajstić information content (AvgIpc) is 2.93. The molecule has 2 N–H and O–H groups in total. The van der Waals surface area contributed by atoms with Gasteiger partial charge in [-0.3, -0.25) is 14.2 Å². The standard InChI is InChI=1S/C14H17N3O4/c1-8-6-11(14(20)15-5-4-13(18)19)10(3)17(8)12-7-9(2)21-16-12/h6-7H,4-5H2,1-3H3,(H,15,20)(H,18,19). The Morgan fingerprint density at radius 1 is 1.33 bits per heavy atom. The van der Waals surface area contributed by atoms with Crippen LogP contribution in [0.3, 0.4) is 0 Å². The van der Waals surface area contributed by atoms with Gasteiger partial charge in [-0.1, -0.05) is 5.16 Å². The van der Waals surface area contributed by atoms with Crippen LogP contribution in [0, 0.1) is 20.8 Å². The molecule has 7 nitrogen and oxygen atoms in total. The minimum Gasteiger partial charge on any atom is -0.481 e. The second-order valence-corrected chi connectivity index (χ2v) is 4.82. The number of carboxylic acids is 1. The van der Waals surface area contributed by atoms with Crippen LogP contribution in [-0.4, -0.2) is 33.3 Å². The van der Waals surface area contributed by atoms with E-state index in [0.29, 0.717) is 17.1 Å². The average molecular weight is 291 g/mol. The number of hydrogen-bond donors (Lipinski definition) is 2. The van der Waals surface area contributed by atoms with E-state index in [1.807, 2.05) is 18.4 Å². The van der Waals surface area contributed by atoms with Crippen LogP contribution in [0.2, 0.25) is 0 Å². The van der Waals surface area contributed by atoms with Crippen LogP contribution in [0.25, 0.3) is 5.82 Å². The third-order valence-electron chi connectivity index (χ3n) is 3.14. The number of amides is 1. The number of aryl methyl sites for hydroxylation is 2. The number of carbonyl (C=O) groups is 2. The molecule has 7 heteroatoms. The summed E-state index contributed by atoms with van der Waals surface area (Å²) in [5.41, 5.74) is 2.08. The van der Waals surface area contributed by atoms with Crippen LogP contribution >= 0.6 is 0 Å². The van der Waals surface area contributed by atoms with Crippen molar-refractivity contribution in [1.29, 1.82) is 0 Å². The van der Waals surface area contributed by atoms with E-state index in [4.69, 9.17) is 9.63 Å². The lowest BCUT2D eigenvalue weighted by atomic mass is 10.2. The Hall–Kier alpha value is -2.57. The Morgan fingerprint density at radius 3 is 2.62 bits per heavy atom. The van der Waals surface area contributed by atoms with Gasteiger partial charge < -0.3 is 14.9 Å². The molecule has 0 fully saturated rings. The number of aromatic nitrogens is 2. The zero-order valence-corrected chi connectivity index (χ0v) is 12.1. The number of hydrogen-bond acceptors (Lipinski definition) is 4. The smallest absolute Gasteiger partial charge is 0.305 e. The Balaban J connectivity index is 2.22. The van der Waals surface area contributed by atoms with E-state index in [-0.39, 0.29) is 18.9 Å². The maximum Gasteiger partial charge on any atom is 0.305 e. The van der Waals surface area contributed by atoms with Crippen molar-refractivity contribution in [2.45, 2.75) is 27.2 Å². The molecule has 0 saturated carbocycles. The van der Waals surface area contributed by atoms with Gasteiger partial charge in [-0.25, -0.2) is 0 Å². The molecule has 0 bridgehead atoms. The highest BCUT2D eigenvalue weighted by molar-refractivity contribution is 5.96. The quantitative estimate of drug-likeness (QED) is 0.872. The molecule has 2 aromatic heterocycles. The number of aliphatic carboxylic acids is 1. The van der Waals surface area contributed by atoms with E-state index in [1.165, 1.54) is 0 Å². The van der Waals surface area contributed by atoms with Crippen molar-refractivity contribution < 1.29 is 19.2 Å². The Kier molecular flexibility index (Phi) is 4.11. The first-order valence-corrected chi connectivity index (χ1v) is 6.52. The van der Waals surface area contributed by atoms with Crippen LogP contribution in [0.15, 0.2) is 16.7 Å². The fourth-order valence-electron chi connectivity index (χ4n) is 2.18. The summed E-state index contributed by atoms with van der Waals surface area (Å²) in [4.78, 5) is 22.5. The zero-order valence-electron chi connectivity index (χ0n) is 12.1. The second-order valence-electron chi connectivity index (χ2n) is 4.82. The van der Waals surface area contributed by atoms with Crippen LogP contribution in [0.1, 0.15) is 33.9 Å². The molecule has 2 rings (SSSR count). The second kappa shape index (κ2) is 5.82. The van der Waals surface area contributed by atoms with Gasteiger partial charge in [-0.2, -0.15) is 0 Å². The lowest BCUT2D eigenvalue weighted by molar-refractivity contribution is -0.136. The van der Waals surface area contributed by atoms with Crippen LogP contribution in [-0.2, 0) is 4.79 Å². The first-order valence-electron chi connectivity index (χ1n) is 6.52. The fraction of sp³-hybridized carbons (Fsp3) is 0.357. The van der Waals surface area contributed by atoms with Gasteiger partial charge in [0.15, 0.2) is 5.82 Å². The molecule has 0 aliphatic heterocycles. The molecule has 1 amide bonds. The van der Waals surface area contributed by atoms with Crippen molar-refractivity contribution in [2.75, 3.05) is 6.54 Å². The van der Waals surface area contributed by atoms with Crippen LogP contribution < -0.4 is 5.32 Å². The third-order valence-corrected chi connectivity index (χ3v) is 3.14. The van der Waals surface area contributed by atoms with Crippen molar-refractivity contribution in [1.82, 2.24) is 15.0 Å². The summed E-state index contributed by atoms with van der Waals surface area (Å²) < 4.78 is 6.88. The van der Waals surface area contributed by atoms with Crippen molar-refractivity contribution >= 4 is 11.9 Å². The van der Waals surface area contributed by atoms with Crippen molar-refractivity contribution in [3.63, 3.8) is 0 Å². The Morgan fingerprint density at radius 2 is 2.05 bits per heavy atom. The summed E-state index contributed by atoms with van der Waals surface area (Å²) in [6.45, 7) is 5.57. The number of nitrogens with one attached hydrogen (secondary N) is 1. The Labute approximate surface area is 121 Å². The summed E-state index contributed by atoms with van der Waals surface area (Å²) in [6, 6.07) is 3.53. The molecule has 2 heterocycles. The predicted molar refractivity (Wildman–Crippen MR) is 74.6 cm³/mol. The van der Waals surface area contributed by atoms with Gasteiger partial charge in [-0.05, 0) is 26.8 Å². The van der Waals surface area contributed by atoms with Crippen molar-refractivity contribution in [2.24, 2.45) is 0 Å². The molecule has 0 aliphatic carbocycles. The lowest BCUT2D eigenvalue weighted by Crippen LogP contribution is -2.26. The normalized spacial score (nSPS) is 10.6. The van der Waals surface area contributed by atoms with Gasteiger partial charge in [0.25, 0.3) is 5.91 Å². The molecule has 0 atom stereocenters. The molecule has 0 aromatic carbocycles. The van der Waals surface area contributed by atoms with Gasteiger partial charge in [0.2, 0.25) is 0 Å². The number of nitrogens with zero attached hydrogens (tertiary/aromatic N) is 2. The molecule has 112 valence electrons. The van der Waals surface area contributed by atoms with E-state index in [0.717, 1.165) is 11.4 Å². The molecule has 0 aliphatic rings. The maximum absolute atomic E-state index is 12.1. The Bertz CT molecular complexity index is 684. The monoisotopic (exact) mass is 291 g/mol. The fourth-order valence-corrected chi connectivity index (χ4v) is 2.18. The summed E-state index contributed by atoms with van der Waals surface area (Å²) >= 11 is 0. The van der Waals surface area contributed by atoms with Gasteiger partial charge in [0, 0.05) is 24.0 Å². The first kappa shape index (κ1) is 14.8. The van der Waals surface area contributed by atoms with E-state index in [2.05, 4.69) is 10.5 Å². The zero-order chi connectivity index (χ0) is 15.6. The molecular formula is C14H17N3O4. The predicted octanol–water partition coefficient (Wildman–Crippen LogP) is 1.60. The molecule has 2 aromatic rings. The third kappa shape index (κ3) is 3.13. The van der Waals surface area contributed by atoms with E-state index in [9.17, 15) is 9.59 Å². The van der Waals surface area contributed by atoms with E-state index in [1.54, 1.807) is 19.1 Å². The number of rotatable bonds is 5. The summed E-state index contributed by atoms with van der Waals surface area (Å²) in [6.07, 6.45) is -0.104. The summed E-state index contributed by atoms with van der Waals surface area (Å²) in [5.74, 6) is 0.0618. The molecule has 0 spiro atoms. The van der Waals surface area contributed by atoms with Crippen LogP contribution in [0.4, 0.5) is 0 Å². The van der Waals surface area contributed by atoms with Gasteiger partial charge >= 0.3 is 5.97 Å². The highest BCUT2D eigenvalue weighted by atomic mass is 16.5. The minimum absolute atomic E-state index is 0.0981. The minimum atomic E-state index is -0.946. The van der Waals surface area contributed by atoms with Gasteiger partial charge in [0.05, 0.1) is 12.0 Å². The lowest BCUT2D eigenvalue weighted by Gasteiger charge is -2.06. The van der Waals surface area contributed by atoms with Gasteiger partial charge in [-0.15, -0.1) is 0 Å².